The highest BCUT2D eigenvalue weighted by Gasteiger charge is 2.14. The first-order valence-electron chi connectivity index (χ1n) is 6.40. The van der Waals surface area contributed by atoms with E-state index in [1.807, 2.05) is 56.3 Å². The molecule has 1 aromatic heterocycles. The van der Waals surface area contributed by atoms with Gasteiger partial charge in [-0.2, -0.15) is 0 Å². The van der Waals surface area contributed by atoms with Gasteiger partial charge in [0.15, 0.2) is 0 Å². The number of pyridine rings is 1. The van der Waals surface area contributed by atoms with Gasteiger partial charge in [0.1, 0.15) is 0 Å². The molecule has 0 amide bonds. The van der Waals surface area contributed by atoms with E-state index in [4.69, 9.17) is 28.2 Å². The minimum atomic E-state index is 0.712. The summed E-state index contributed by atoms with van der Waals surface area (Å²) in [7, 11) is 0. The zero-order valence-corrected chi connectivity index (χ0v) is 12.8. The molecule has 0 atom stereocenters. The molecule has 3 rings (SSSR count). The molecule has 1 heterocycles. The van der Waals surface area contributed by atoms with E-state index in [1.54, 1.807) is 0 Å². The van der Waals surface area contributed by atoms with Crippen molar-refractivity contribution in [2.24, 2.45) is 0 Å². The minimum absolute atomic E-state index is 0.712. The van der Waals surface area contributed by atoms with Crippen molar-refractivity contribution < 1.29 is 0 Å². The summed E-state index contributed by atoms with van der Waals surface area (Å²) in [5.41, 5.74) is 4.80. The molecular formula is C17H13Cl2N. The number of hydrogen-bond acceptors (Lipinski definition) is 1. The molecule has 3 aromatic rings. The van der Waals surface area contributed by atoms with Gasteiger partial charge in [0.25, 0.3) is 0 Å². The second kappa shape index (κ2) is 5.08. The number of fused-ring (bicyclic) bond motifs is 1. The molecule has 0 N–H and O–H groups in total. The predicted octanol–water partition coefficient (Wildman–Crippen LogP) is 5.83. The van der Waals surface area contributed by atoms with Crippen LogP contribution in [-0.4, -0.2) is 4.98 Å². The summed E-state index contributed by atoms with van der Waals surface area (Å²) in [4.78, 5) is 4.80. The highest BCUT2D eigenvalue weighted by atomic mass is 35.5. The third-order valence-electron chi connectivity index (χ3n) is 3.56. The fourth-order valence-electron chi connectivity index (χ4n) is 2.38. The highest BCUT2D eigenvalue weighted by molar-refractivity contribution is 6.37. The van der Waals surface area contributed by atoms with E-state index < -0.39 is 0 Å². The van der Waals surface area contributed by atoms with E-state index in [0.717, 1.165) is 38.3 Å². The molecule has 0 unspecified atom stereocenters. The second-order valence-electron chi connectivity index (χ2n) is 4.83. The topological polar surface area (TPSA) is 12.9 Å². The lowest BCUT2D eigenvalue weighted by atomic mass is 10.0. The molecular weight excluding hydrogens is 289 g/mol. The van der Waals surface area contributed by atoms with Crippen molar-refractivity contribution in [2.45, 2.75) is 13.8 Å². The van der Waals surface area contributed by atoms with Crippen molar-refractivity contribution in [3.05, 3.63) is 63.6 Å². The molecule has 0 spiro atoms. The Morgan fingerprint density at radius 2 is 1.55 bits per heavy atom. The summed E-state index contributed by atoms with van der Waals surface area (Å²) >= 11 is 12.7. The summed E-state index contributed by atoms with van der Waals surface area (Å²) in [6.07, 6.45) is 0. The summed E-state index contributed by atoms with van der Waals surface area (Å²) in [5, 5.41) is 2.41. The van der Waals surface area contributed by atoms with Crippen molar-refractivity contribution in [1.29, 1.82) is 0 Å². The van der Waals surface area contributed by atoms with E-state index in [0.29, 0.717) is 5.02 Å². The van der Waals surface area contributed by atoms with E-state index in [1.165, 1.54) is 0 Å². The van der Waals surface area contributed by atoms with Crippen molar-refractivity contribution in [1.82, 2.24) is 4.98 Å². The summed E-state index contributed by atoms with van der Waals surface area (Å²) < 4.78 is 0. The number of rotatable bonds is 1. The van der Waals surface area contributed by atoms with Gasteiger partial charge in [-0.3, -0.25) is 0 Å². The number of aryl methyl sites for hydroxylation is 1. The number of halogens is 2. The molecule has 100 valence electrons. The maximum absolute atomic E-state index is 6.52. The Hall–Kier alpha value is -1.57. The first-order valence-corrected chi connectivity index (χ1v) is 7.15. The summed E-state index contributed by atoms with van der Waals surface area (Å²) in [6.45, 7) is 3.97. The van der Waals surface area contributed by atoms with Crippen LogP contribution >= 0.6 is 23.2 Å². The van der Waals surface area contributed by atoms with Gasteiger partial charge in [-0.05, 0) is 37.1 Å². The quantitative estimate of drug-likeness (QED) is 0.551. The lowest BCUT2D eigenvalue weighted by Gasteiger charge is -2.12. The van der Waals surface area contributed by atoms with Crippen molar-refractivity contribution in [2.75, 3.05) is 0 Å². The maximum Gasteiger partial charge on any atom is 0.0768 e. The molecule has 20 heavy (non-hydrogen) atoms. The highest BCUT2D eigenvalue weighted by Crippen LogP contribution is 2.35. The van der Waals surface area contributed by atoms with Crippen LogP contribution in [0.2, 0.25) is 10.0 Å². The Morgan fingerprint density at radius 1 is 0.850 bits per heavy atom. The largest absolute Gasteiger partial charge is 0.247 e. The number of aromatic nitrogens is 1. The van der Waals surface area contributed by atoms with Crippen molar-refractivity contribution >= 4 is 34.1 Å². The van der Waals surface area contributed by atoms with Crippen LogP contribution in [0, 0.1) is 13.8 Å². The van der Waals surface area contributed by atoms with E-state index in [2.05, 4.69) is 0 Å². The van der Waals surface area contributed by atoms with E-state index in [-0.39, 0.29) is 0 Å². The van der Waals surface area contributed by atoms with Gasteiger partial charge in [-0.25, -0.2) is 4.98 Å². The van der Waals surface area contributed by atoms with E-state index in [9.17, 15) is 0 Å². The molecule has 0 saturated carbocycles. The Balaban J connectivity index is 2.40. The van der Waals surface area contributed by atoms with Crippen LogP contribution < -0.4 is 0 Å². The fourth-order valence-corrected chi connectivity index (χ4v) is 2.77. The van der Waals surface area contributed by atoms with Gasteiger partial charge in [0, 0.05) is 16.0 Å². The lowest BCUT2D eigenvalue weighted by Crippen LogP contribution is -1.94. The molecule has 0 aliphatic rings. The zero-order chi connectivity index (χ0) is 14.3. The van der Waals surface area contributed by atoms with Crippen LogP contribution in [0.5, 0.6) is 0 Å². The zero-order valence-electron chi connectivity index (χ0n) is 11.2. The lowest BCUT2D eigenvalue weighted by molar-refractivity contribution is 1.31. The molecule has 0 radical (unpaired) electrons. The van der Waals surface area contributed by atoms with Crippen molar-refractivity contribution in [3.63, 3.8) is 0 Å². The van der Waals surface area contributed by atoms with Crippen molar-refractivity contribution in [3.8, 4) is 11.3 Å². The van der Waals surface area contributed by atoms with E-state index >= 15 is 0 Å². The molecule has 0 bridgehead atoms. The second-order valence-corrected chi connectivity index (χ2v) is 5.62. The number of benzene rings is 2. The first kappa shape index (κ1) is 13.4. The van der Waals surface area contributed by atoms with Gasteiger partial charge in [0.05, 0.1) is 16.2 Å². The minimum Gasteiger partial charge on any atom is -0.247 e. The van der Waals surface area contributed by atoms with Gasteiger partial charge in [-0.1, -0.05) is 53.5 Å². The standard InChI is InChI=1S/C17H13Cl2N/c1-10-14(18)9-8-13-15(19)11(2)16(20-17(10)13)12-6-4-3-5-7-12/h3-9H,1-2H3. The Labute approximate surface area is 128 Å². The third-order valence-corrected chi connectivity index (χ3v) is 4.45. The monoisotopic (exact) mass is 301 g/mol. The molecule has 0 saturated heterocycles. The number of hydrogen-bond donors (Lipinski definition) is 0. The maximum atomic E-state index is 6.52. The average molecular weight is 302 g/mol. The van der Waals surface area contributed by atoms with Crippen LogP contribution in [0.3, 0.4) is 0 Å². The van der Waals surface area contributed by atoms with Crippen LogP contribution in [0.4, 0.5) is 0 Å². The molecule has 3 heteroatoms. The molecule has 2 aromatic carbocycles. The fraction of sp³-hybridized carbons (Fsp3) is 0.118. The average Bonchev–Trinajstić information content (AvgIpc) is 2.47. The molecule has 0 aliphatic heterocycles. The Kier molecular flexibility index (Phi) is 3.41. The van der Waals surface area contributed by atoms with Crippen LogP contribution in [0.15, 0.2) is 42.5 Å². The Bertz CT molecular complexity index is 795. The number of nitrogens with zero attached hydrogens (tertiary/aromatic N) is 1. The van der Waals surface area contributed by atoms with Crippen LogP contribution in [0.1, 0.15) is 11.1 Å². The van der Waals surface area contributed by atoms with Gasteiger partial charge < -0.3 is 0 Å². The summed E-state index contributed by atoms with van der Waals surface area (Å²) in [6, 6.07) is 13.9. The molecule has 0 fully saturated rings. The van der Waals surface area contributed by atoms with Crippen LogP contribution in [0.25, 0.3) is 22.2 Å². The third kappa shape index (κ3) is 2.07. The van der Waals surface area contributed by atoms with Gasteiger partial charge >= 0.3 is 0 Å². The van der Waals surface area contributed by atoms with Gasteiger partial charge in [0.2, 0.25) is 0 Å². The SMILES string of the molecule is Cc1c(-c2ccccc2)nc2c(C)c(Cl)ccc2c1Cl. The summed E-state index contributed by atoms with van der Waals surface area (Å²) in [5.74, 6) is 0. The Morgan fingerprint density at radius 3 is 2.25 bits per heavy atom. The van der Waals surface area contributed by atoms with Crippen LogP contribution in [-0.2, 0) is 0 Å². The molecule has 0 aliphatic carbocycles. The van der Waals surface area contributed by atoms with Gasteiger partial charge in [-0.15, -0.1) is 0 Å². The predicted molar refractivity (Wildman–Crippen MR) is 86.7 cm³/mol. The smallest absolute Gasteiger partial charge is 0.0768 e. The molecule has 1 nitrogen and oxygen atoms in total. The first-order chi connectivity index (χ1) is 9.59. The normalized spacial score (nSPS) is 11.0.